The summed E-state index contributed by atoms with van der Waals surface area (Å²) in [7, 11) is 0. The molecule has 0 saturated heterocycles. The molecule has 1 aromatic heterocycles. The highest BCUT2D eigenvalue weighted by Gasteiger charge is 2.12. The largest absolute Gasteiger partial charge is 0.398 e. The molecule has 18 heavy (non-hydrogen) atoms. The van der Waals surface area contributed by atoms with E-state index in [1.807, 2.05) is 45.0 Å². The Balaban J connectivity index is 2.24. The molecule has 0 aliphatic heterocycles. The van der Waals surface area contributed by atoms with Crippen LogP contribution in [0.15, 0.2) is 24.3 Å². The minimum Gasteiger partial charge on any atom is -0.398 e. The summed E-state index contributed by atoms with van der Waals surface area (Å²) < 4.78 is 0. The molecule has 0 fully saturated rings. The van der Waals surface area contributed by atoms with Gasteiger partial charge in [0, 0.05) is 16.3 Å². The number of anilines is 2. The van der Waals surface area contributed by atoms with Crippen molar-refractivity contribution in [2.75, 3.05) is 11.1 Å². The Morgan fingerprint density at radius 1 is 1.28 bits per heavy atom. The Bertz CT molecular complexity index is 582. The second kappa shape index (κ2) is 4.82. The van der Waals surface area contributed by atoms with Crippen LogP contribution in [0.1, 0.15) is 25.7 Å². The molecule has 2 rings (SSSR count). The van der Waals surface area contributed by atoms with Crippen molar-refractivity contribution < 1.29 is 4.79 Å². The van der Waals surface area contributed by atoms with Gasteiger partial charge in [0.15, 0.2) is 0 Å². The van der Waals surface area contributed by atoms with Crippen LogP contribution in [0.5, 0.6) is 0 Å². The Morgan fingerprint density at radius 2 is 2.00 bits per heavy atom. The summed E-state index contributed by atoms with van der Waals surface area (Å²) in [5, 5.41) is 2.90. The number of benzene rings is 1. The number of nitrogens with one attached hydrogen (secondary N) is 1. The van der Waals surface area contributed by atoms with E-state index in [1.54, 1.807) is 0 Å². The van der Waals surface area contributed by atoms with E-state index in [2.05, 4.69) is 5.32 Å². The quantitative estimate of drug-likeness (QED) is 0.812. The lowest BCUT2D eigenvalue weighted by atomic mass is 10.1. The number of aryl methyl sites for hydroxylation is 2. The van der Waals surface area contributed by atoms with Crippen LogP contribution in [0.2, 0.25) is 0 Å². The minimum atomic E-state index is -0.0788. The van der Waals surface area contributed by atoms with E-state index in [-0.39, 0.29) is 5.91 Å². The smallest absolute Gasteiger partial charge is 0.265 e. The van der Waals surface area contributed by atoms with Crippen molar-refractivity contribution >= 4 is 28.6 Å². The Morgan fingerprint density at radius 3 is 2.61 bits per heavy atom. The normalized spacial score (nSPS) is 10.4. The number of hydrogen-bond donors (Lipinski definition) is 2. The first kappa shape index (κ1) is 12.6. The van der Waals surface area contributed by atoms with Crippen LogP contribution in [-0.2, 0) is 0 Å². The summed E-state index contributed by atoms with van der Waals surface area (Å²) >= 11 is 1.51. The molecular weight excluding hydrogens is 244 g/mol. The lowest BCUT2D eigenvalue weighted by Gasteiger charge is -2.09. The molecule has 3 nitrogen and oxygen atoms in total. The molecule has 0 bridgehead atoms. The third kappa shape index (κ3) is 2.38. The van der Waals surface area contributed by atoms with Crippen LogP contribution in [0, 0.1) is 20.8 Å². The number of carbonyl (C=O) groups excluding carboxylic acids is 1. The van der Waals surface area contributed by atoms with Gasteiger partial charge in [-0.2, -0.15) is 0 Å². The molecule has 2 aromatic rings. The van der Waals surface area contributed by atoms with E-state index in [9.17, 15) is 4.79 Å². The number of rotatable bonds is 2. The summed E-state index contributed by atoms with van der Waals surface area (Å²) in [6.07, 6.45) is 0. The zero-order valence-electron chi connectivity index (χ0n) is 10.7. The maximum absolute atomic E-state index is 12.1. The number of nitrogens with two attached hydrogens (primary N) is 1. The van der Waals surface area contributed by atoms with Crippen LogP contribution in [0.25, 0.3) is 0 Å². The molecule has 0 atom stereocenters. The first-order valence-corrected chi connectivity index (χ1v) is 6.54. The van der Waals surface area contributed by atoms with E-state index in [0.717, 1.165) is 21.7 Å². The van der Waals surface area contributed by atoms with Gasteiger partial charge in [0.2, 0.25) is 0 Å². The number of amides is 1. The number of nitrogen functional groups attached to an aromatic ring is 1. The van der Waals surface area contributed by atoms with Gasteiger partial charge in [0.1, 0.15) is 0 Å². The third-order valence-electron chi connectivity index (χ3n) is 3.01. The zero-order chi connectivity index (χ0) is 13.3. The van der Waals surface area contributed by atoms with Gasteiger partial charge >= 0.3 is 0 Å². The van der Waals surface area contributed by atoms with Crippen LogP contribution in [0.3, 0.4) is 0 Å². The van der Waals surface area contributed by atoms with Crippen molar-refractivity contribution in [3.63, 3.8) is 0 Å². The van der Waals surface area contributed by atoms with Crippen molar-refractivity contribution in [3.05, 3.63) is 45.1 Å². The van der Waals surface area contributed by atoms with E-state index in [4.69, 9.17) is 5.73 Å². The van der Waals surface area contributed by atoms with Crippen molar-refractivity contribution in [3.8, 4) is 0 Å². The number of carbonyl (C=O) groups is 1. The maximum Gasteiger partial charge on any atom is 0.265 e. The number of thiophene rings is 1. The molecule has 94 valence electrons. The molecule has 1 amide bonds. The average molecular weight is 260 g/mol. The summed E-state index contributed by atoms with van der Waals surface area (Å²) in [5.74, 6) is -0.0788. The number of hydrogen-bond acceptors (Lipinski definition) is 3. The predicted molar refractivity (Wildman–Crippen MR) is 77.3 cm³/mol. The topological polar surface area (TPSA) is 55.1 Å². The molecule has 0 saturated carbocycles. The van der Waals surface area contributed by atoms with Crippen LogP contribution < -0.4 is 11.1 Å². The Hall–Kier alpha value is -1.81. The highest BCUT2D eigenvalue weighted by Crippen LogP contribution is 2.24. The molecule has 0 aliphatic carbocycles. The summed E-state index contributed by atoms with van der Waals surface area (Å²) in [5.41, 5.74) is 9.31. The molecule has 0 unspecified atom stereocenters. The molecule has 1 aromatic carbocycles. The second-order valence-corrected chi connectivity index (χ2v) is 5.58. The van der Waals surface area contributed by atoms with Gasteiger partial charge in [0.05, 0.1) is 4.88 Å². The highest BCUT2D eigenvalue weighted by atomic mass is 32.1. The SMILES string of the molecule is Cc1cc(C(=O)Nc2cccc(N)c2C)sc1C. The summed E-state index contributed by atoms with van der Waals surface area (Å²) in [6.45, 7) is 5.92. The molecule has 0 aliphatic rings. The van der Waals surface area contributed by atoms with Gasteiger partial charge < -0.3 is 11.1 Å². The monoisotopic (exact) mass is 260 g/mol. The summed E-state index contributed by atoms with van der Waals surface area (Å²) in [4.78, 5) is 14.0. The van der Waals surface area contributed by atoms with E-state index >= 15 is 0 Å². The first-order chi connectivity index (χ1) is 8.49. The van der Waals surface area contributed by atoms with Crippen molar-refractivity contribution in [2.24, 2.45) is 0 Å². The molecule has 3 N–H and O–H groups in total. The van der Waals surface area contributed by atoms with Gasteiger partial charge in [-0.15, -0.1) is 11.3 Å². The fraction of sp³-hybridized carbons (Fsp3) is 0.214. The third-order valence-corrected chi connectivity index (χ3v) is 4.16. The maximum atomic E-state index is 12.1. The Kier molecular flexibility index (Phi) is 3.39. The van der Waals surface area contributed by atoms with Gasteiger partial charge in [-0.3, -0.25) is 4.79 Å². The minimum absolute atomic E-state index is 0.0788. The van der Waals surface area contributed by atoms with Crippen molar-refractivity contribution in [1.82, 2.24) is 0 Å². The standard InChI is InChI=1S/C14H16N2OS/c1-8-7-13(18-10(8)3)14(17)16-12-6-4-5-11(15)9(12)2/h4-7H,15H2,1-3H3,(H,16,17). The average Bonchev–Trinajstić information content (AvgIpc) is 2.66. The lowest BCUT2D eigenvalue weighted by Crippen LogP contribution is -2.11. The van der Waals surface area contributed by atoms with Gasteiger partial charge in [-0.25, -0.2) is 0 Å². The summed E-state index contributed by atoms with van der Waals surface area (Å²) in [6, 6.07) is 7.43. The predicted octanol–water partition coefficient (Wildman–Crippen LogP) is 3.51. The van der Waals surface area contributed by atoms with Crippen LogP contribution >= 0.6 is 11.3 Å². The lowest BCUT2D eigenvalue weighted by molar-refractivity contribution is 0.103. The van der Waals surface area contributed by atoms with Gasteiger partial charge in [-0.05, 0) is 50.1 Å². The second-order valence-electron chi connectivity index (χ2n) is 4.32. The highest BCUT2D eigenvalue weighted by molar-refractivity contribution is 7.14. The molecule has 0 spiro atoms. The molecular formula is C14H16N2OS. The molecule has 0 radical (unpaired) electrons. The zero-order valence-corrected chi connectivity index (χ0v) is 11.5. The van der Waals surface area contributed by atoms with E-state index in [1.165, 1.54) is 16.2 Å². The first-order valence-electron chi connectivity index (χ1n) is 5.72. The van der Waals surface area contributed by atoms with E-state index in [0.29, 0.717) is 5.69 Å². The molecule has 4 heteroatoms. The van der Waals surface area contributed by atoms with Crippen LogP contribution in [0.4, 0.5) is 11.4 Å². The van der Waals surface area contributed by atoms with Gasteiger partial charge in [0.25, 0.3) is 5.91 Å². The van der Waals surface area contributed by atoms with Crippen molar-refractivity contribution in [1.29, 1.82) is 0 Å². The van der Waals surface area contributed by atoms with Crippen molar-refractivity contribution in [2.45, 2.75) is 20.8 Å². The Labute approximate surface area is 111 Å². The van der Waals surface area contributed by atoms with Gasteiger partial charge in [-0.1, -0.05) is 6.07 Å². The fourth-order valence-electron chi connectivity index (χ4n) is 1.66. The molecule has 1 heterocycles. The van der Waals surface area contributed by atoms with Crippen LogP contribution in [-0.4, -0.2) is 5.91 Å². The fourth-order valence-corrected chi connectivity index (χ4v) is 2.59. The van der Waals surface area contributed by atoms with E-state index < -0.39 is 0 Å².